The molecule has 0 spiro atoms. The van der Waals surface area contributed by atoms with Crippen molar-refractivity contribution in [2.24, 2.45) is 5.84 Å². The van der Waals surface area contributed by atoms with E-state index in [0.717, 1.165) is 29.7 Å². The van der Waals surface area contributed by atoms with Gasteiger partial charge in [0, 0.05) is 22.2 Å². The van der Waals surface area contributed by atoms with Gasteiger partial charge < -0.3 is 4.74 Å². The maximum Gasteiger partial charge on any atom is 0.122 e. The highest BCUT2D eigenvalue weighted by atomic mass is 79.9. The first-order valence-electron chi connectivity index (χ1n) is 6.21. The molecule has 0 fully saturated rings. The summed E-state index contributed by atoms with van der Waals surface area (Å²) >= 11 is 5.31. The number of nitrogens with one attached hydrogen (secondary N) is 1. The molecule has 1 unspecified atom stereocenters. The molecule has 100 valence electrons. The summed E-state index contributed by atoms with van der Waals surface area (Å²) in [5.74, 6) is 6.74. The normalized spacial score (nSPS) is 15.1. The zero-order chi connectivity index (χ0) is 13.2. The van der Waals surface area contributed by atoms with Crippen LogP contribution in [0.1, 0.15) is 22.0 Å². The van der Waals surface area contributed by atoms with Crippen LogP contribution in [0.15, 0.2) is 34.1 Å². The van der Waals surface area contributed by atoms with Crippen LogP contribution >= 0.6 is 27.3 Å². The third-order valence-electron chi connectivity index (χ3n) is 3.40. The summed E-state index contributed by atoms with van der Waals surface area (Å²) in [6.07, 6.45) is 1.87. The van der Waals surface area contributed by atoms with Crippen molar-refractivity contribution < 1.29 is 4.74 Å². The van der Waals surface area contributed by atoms with E-state index in [2.05, 4.69) is 44.9 Å². The number of nitrogens with two attached hydrogens (primary N) is 1. The van der Waals surface area contributed by atoms with Crippen molar-refractivity contribution in [2.75, 3.05) is 6.61 Å². The standard InChI is InChI=1S/C14H15BrN2OS/c15-11-4-6-19-14(11)8-12(17-16)9-1-2-13-10(7-9)3-5-18-13/h1-2,4,6-7,12,17H,3,5,8,16H2. The molecule has 1 aliphatic heterocycles. The zero-order valence-corrected chi connectivity index (χ0v) is 12.8. The third-order valence-corrected chi connectivity index (χ3v) is 5.35. The second kappa shape index (κ2) is 5.63. The summed E-state index contributed by atoms with van der Waals surface area (Å²) in [6, 6.07) is 8.54. The number of hydrazine groups is 1. The van der Waals surface area contributed by atoms with Crippen molar-refractivity contribution in [1.29, 1.82) is 0 Å². The second-order valence-corrected chi connectivity index (χ2v) is 6.44. The molecule has 0 aliphatic carbocycles. The lowest BCUT2D eigenvalue weighted by Crippen LogP contribution is -2.29. The second-order valence-electron chi connectivity index (χ2n) is 4.58. The predicted molar refractivity (Wildman–Crippen MR) is 81.4 cm³/mol. The average molecular weight is 339 g/mol. The van der Waals surface area contributed by atoms with Gasteiger partial charge in [0.15, 0.2) is 0 Å². The molecule has 3 rings (SSSR count). The Morgan fingerprint density at radius 3 is 3.05 bits per heavy atom. The molecule has 0 amide bonds. The number of ether oxygens (including phenoxy) is 1. The van der Waals surface area contributed by atoms with Crippen molar-refractivity contribution >= 4 is 27.3 Å². The van der Waals surface area contributed by atoms with Gasteiger partial charge in [-0.25, -0.2) is 0 Å². The van der Waals surface area contributed by atoms with E-state index >= 15 is 0 Å². The Kier molecular flexibility index (Phi) is 3.88. The molecule has 19 heavy (non-hydrogen) atoms. The Morgan fingerprint density at radius 1 is 1.42 bits per heavy atom. The Balaban J connectivity index is 1.84. The summed E-state index contributed by atoms with van der Waals surface area (Å²) in [5, 5.41) is 2.09. The minimum atomic E-state index is 0.126. The van der Waals surface area contributed by atoms with Crippen LogP contribution in [0.3, 0.4) is 0 Å². The molecular formula is C14H15BrN2OS. The van der Waals surface area contributed by atoms with Crippen molar-refractivity contribution in [2.45, 2.75) is 18.9 Å². The maximum absolute atomic E-state index is 5.72. The van der Waals surface area contributed by atoms with Crippen LogP contribution in [0, 0.1) is 0 Å². The van der Waals surface area contributed by atoms with E-state index in [-0.39, 0.29) is 6.04 Å². The van der Waals surface area contributed by atoms with Crippen molar-refractivity contribution in [3.63, 3.8) is 0 Å². The van der Waals surface area contributed by atoms with Gasteiger partial charge in [0.05, 0.1) is 12.6 Å². The van der Waals surface area contributed by atoms with E-state index < -0.39 is 0 Å². The first-order chi connectivity index (χ1) is 9.28. The number of fused-ring (bicyclic) bond motifs is 1. The van der Waals surface area contributed by atoms with Gasteiger partial charge in [-0.3, -0.25) is 11.3 Å². The first kappa shape index (κ1) is 13.1. The van der Waals surface area contributed by atoms with Crippen molar-refractivity contribution in [3.05, 3.63) is 50.1 Å². The number of halogens is 1. The molecule has 3 N–H and O–H groups in total. The van der Waals surface area contributed by atoms with Gasteiger partial charge in [-0.15, -0.1) is 11.3 Å². The molecular weight excluding hydrogens is 324 g/mol. The Bertz CT molecular complexity index is 585. The van der Waals surface area contributed by atoms with E-state index in [1.165, 1.54) is 16.0 Å². The lowest BCUT2D eigenvalue weighted by molar-refractivity contribution is 0.356. The summed E-state index contributed by atoms with van der Waals surface area (Å²) < 4.78 is 6.69. The van der Waals surface area contributed by atoms with Crippen LogP contribution in [0.5, 0.6) is 5.75 Å². The lowest BCUT2D eigenvalue weighted by atomic mass is 10.00. The lowest BCUT2D eigenvalue weighted by Gasteiger charge is -2.16. The number of hydrogen-bond acceptors (Lipinski definition) is 4. The molecule has 0 saturated carbocycles. The Labute approximate surface area is 124 Å². The molecule has 0 bridgehead atoms. The molecule has 1 aromatic carbocycles. The molecule has 2 heterocycles. The van der Waals surface area contributed by atoms with Gasteiger partial charge in [0.25, 0.3) is 0 Å². The van der Waals surface area contributed by atoms with E-state index in [0.29, 0.717) is 0 Å². The quantitative estimate of drug-likeness (QED) is 0.664. The first-order valence-corrected chi connectivity index (χ1v) is 7.89. The van der Waals surface area contributed by atoms with Crippen LogP contribution in [0.2, 0.25) is 0 Å². The van der Waals surface area contributed by atoms with Crippen molar-refractivity contribution in [3.8, 4) is 5.75 Å². The summed E-state index contributed by atoms with van der Waals surface area (Å²) in [6.45, 7) is 0.788. The SMILES string of the molecule is NNC(Cc1sccc1Br)c1ccc2c(c1)CCO2. The maximum atomic E-state index is 5.72. The van der Waals surface area contributed by atoms with E-state index in [4.69, 9.17) is 10.6 Å². The van der Waals surface area contributed by atoms with Crippen LogP contribution in [0.4, 0.5) is 0 Å². The third kappa shape index (κ3) is 2.69. The number of hydrogen-bond donors (Lipinski definition) is 2. The smallest absolute Gasteiger partial charge is 0.122 e. The zero-order valence-electron chi connectivity index (χ0n) is 10.4. The van der Waals surface area contributed by atoms with Crippen LogP contribution in [0.25, 0.3) is 0 Å². The van der Waals surface area contributed by atoms with Crippen LogP contribution in [-0.2, 0) is 12.8 Å². The van der Waals surface area contributed by atoms with Crippen LogP contribution in [-0.4, -0.2) is 6.61 Å². The minimum Gasteiger partial charge on any atom is -0.493 e. The van der Waals surface area contributed by atoms with Gasteiger partial charge in [0.1, 0.15) is 5.75 Å². The van der Waals surface area contributed by atoms with E-state index in [1.54, 1.807) is 11.3 Å². The highest BCUT2D eigenvalue weighted by Gasteiger charge is 2.17. The van der Waals surface area contributed by atoms with E-state index in [9.17, 15) is 0 Å². The van der Waals surface area contributed by atoms with Crippen LogP contribution < -0.4 is 16.0 Å². The summed E-state index contributed by atoms with van der Waals surface area (Å²) in [5.41, 5.74) is 5.42. The molecule has 0 radical (unpaired) electrons. The topological polar surface area (TPSA) is 47.3 Å². The molecule has 3 nitrogen and oxygen atoms in total. The average Bonchev–Trinajstić information content (AvgIpc) is 3.04. The van der Waals surface area contributed by atoms with Gasteiger partial charge in [0.2, 0.25) is 0 Å². The van der Waals surface area contributed by atoms with Gasteiger partial charge in [-0.2, -0.15) is 0 Å². The summed E-state index contributed by atoms with van der Waals surface area (Å²) in [7, 11) is 0. The molecule has 1 atom stereocenters. The van der Waals surface area contributed by atoms with E-state index in [1.807, 2.05) is 6.07 Å². The largest absolute Gasteiger partial charge is 0.493 e. The van der Waals surface area contributed by atoms with Crippen molar-refractivity contribution in [1.82, 2.24) is 5.43 Å². The van der Waals surface area contributed by atoms with Gasteiger partial charge in [-0.1, -0.05) is 12.1 Å². The number of thiophene rings is 1. The molecule has 1 aromatic heterocycles. The number of benzene rings is 1. The highest BCUT2D eigenvalue weighted by molar-refractivity contribution is 9.10. The fourth-order valence-electron chi connectivity index (χ4n) is 2.35. The highest BCUT2D eigenvalue weighted by Crippen LogP contribution is 2.31. The fourth-order valence-corrected chi connectivity index (χ4v) is 3.91. The summed E-state index contributed by atoms with van der Waals surface area (Å²) in [4.78, 5) is 1.31. The Hall–Kier alpha value is -0.880. The molecule has 2 aromatic rings. The monoisotopic (exact) mass is 338 g/mol. The Morgan fingerprint density at radius 2 is 2.32 bits per heavy atom. The molecule has 0 saturated heterocycles. The predicted octanol–water partition coefficient (Wildman–Crippen LogP) is 3.19. The fraction of sp³-hybridized carbons (Fsp3) is 0.286. The van der Waals surface area contributed by atoms with Gasteiger partial charge in [-0.05, 0) is 44.6 Å². The molecule has 5 heteroatoms. The number of rotatable bonds is 4. The molecule has 1 aliphatic rings. The van der Waals surface area contributed by atoms with Gasteiger partial charge >= 0.3 is 0 Å². The minimum absolute atomic E-state index is 0.126.